The van der Waals surface area contributed by atoms with Crippen LogP contribution in [0, 0.1) is 10.1 Å². The number of rotatable bonds is 1. The zero-order valence-corrected chi connectivity index (χ0v) is 16.0. The maximum atomic E-state index is 11.3. The zero-order valence-electron chi connectivity index (χ0n) is 16.0. The van der Waals surface area contributed by atoms with Gasteiger partial charge in [0.05, 0.1) is 38.0 Å². The van der Waals surface area contributed by atoms with Gasteiger partial charge in [0.25, 0.3) is 5.69 Å². The van der Waals surface area contributed by atoms with Crippen LogP contribution in [0.3, 0.4) is 0 Å². The number of aromatic nitrogens is 4. The van der Waals surface area contributed by atoms with Crippen LogP contribution in [-0.4, -0.2) is 24.9 Å². The molecule has 7 heteroatoms. The lowest BCUT2D eigenvalue weighted by Crippen LogP contribution is -1.92. The fraction of sp³-hybridized carbons (Fsp3) is 0. The molecule has 0 spiro atoms. The number of nitro benzene ring substituents is 1. The van der Waals surface area contributed by atoms with Gasteiger partial charge in [-0.1, -0.05) is 36.4 Å². The number of benzene rings is 4. The van der Waals surface area contributed by atoms with Crippen molar-refractivity contribution in [2.24, 2.45) is 0 Å². The molecule has 7 aromatic rings. The summed E-state index contributed by atoms with van der Waals surface area (Å²) in [6, 6.07) is 20.8. The van der Waals surface area contributed by atoms with Crippen molar-refractivity contribution in [1.82, 2.24) is 19.9 Å². The number of non-ortho nitro benzene ring substituents is 1. The predicted octanol–water partition coefficient (Wildman–Crippen LogP) is 5.96. The van der Waals surface area contributed by atoms with Crippen LogP contribution in [0.5, 0.6) is 0 Å². The molecule has 7 rings (SSSR count). The number of nitrogens with one attached hydrogen (secondary N) is 2. The summed E-state index contributed by atoms with van der Waals surface area (Å²) in [5, 5.41) is 15.3. The van der Waals surface area contributed by atoms with Gasteiger partial charge in [-0.15, -0.1) is 0 Å². The summed E-state index contributed by atoms with van der Waals surface area (Å²) in [6.07, 6.45) is 0. The molecule has 0 unspecified atom stereocenters. The number of H-pyrrole nitrogens is 2. The van der Waals surface area contributed by atoms with Gasteiger partial charge in [-0.25, -0.2) is 9.97 Å². The monoisotopic (exact) mass is 403 g/mol. The second kappa shape index (κ2) is 5.54. The Kier molecular flexibility index (Phi) is 2.91. The standard InChI is InChI=1S/C24H13N5O2/c30-29(31)12-9-10-17-18(11-12)28-24-20-14-6-2-4-8-16(14)26-22(20)21-19(23(24)27-17)13-5-1-3-7-15(13)25-21/h1-11,27-28H. The SMILES string of the molecule is O=[N+]([O-])c1ccc2[nH]c3c([nH]c2c1)c1c2ccccc2nc1c1nc2ccccc2c13. The lowest BCUT2D eigenvalue weighted by atomic mass is 10.0. The van der Waals surface area contributed by atoms with E-state index < -0.39 is 0 Å². The Morgan fingerprint density at radius 1 is 0.710 bits per heavy atom. The number of para-hydroxylation sites is 2. The van der Waals surface area contributed by atoms with E-state index in [2.05, 4.69) is 16.0 Å². The van der Waals surface area contributed by atoms with Crippen LogP contribution < -0.4 is 0 Å². The molecule has 146 valence electrons. The van der Waals surface area contributed by atoms with Crippen molar-refractivity contribution in [2.45, 2.75) is 0 Å². The molecule has 7 nitrogen and oxygen atoms in total. The third kappa shape index (κ3) is 2.06. The Labute approximate surface area is 173 Å². The summed E-state index contributed by atoms with van der Waals surface area (Å²) in [7, 11) is 0. The van der Waals surface area contributed by atoms with E-state index in [-0.39, 0.29) is 10.6 Å². The van der Waals surface area contributed by atoms with Crippen LogP contribution in [0.15, 0.2) is 66.7 Å². The van der Waals surface area contributed by atoms with Gasteiger partial charge in [0, 0.05) is 33.7 Å². The van der Waals surface area contributed by atoms with E-state index in [1.165, 1.54) is 6.07 Å². The van der Waals surface area contributed by atoms with Crippen LogP contribution in [0.4, 0.5) is 5.69 Å². The minimum atomic E-state index is -0.385. The van der Waals surface area contributed by atoms with Gasteiger partial charge in [-0.3, -0.25) is 10.1 Å². The third-order valence-electron chi connectivity index (χ3n) is 5.99. The molecule has 0 aliphatic heterocycles. The Morgan fingerprint density at radius 3 is 1.84 bits per heavy atom. The third-order valence-corrected chi connectivity index (χ3v) is 5.99. The maximum Gasteiger partial charge on any atom is 0.271 e. The Balaban J connectivity index is 1.81. The zero-order chi connectivity index (χ0) is 20.7. The first-order chi connectivity index (χ1) is 15.2. The smallest absolute Gasteiger partial charge is 0.271 e. The number of nitro groups is 1. The number of hydrogen-bond donors (Lipinski definition) is 2. The van der Waals surface area contributed by atoms with Crippen molar-refractivity contribution >= 4 is 71.4 Å². The van der Waals surface area contributed by atoms with Crippen LogP contribution >= 0.6 is 0 Å². The molecular weight excluding hydrogens is 390 g/mol. The van der Waals surface area contributed by atoms with Crippen molar-refractivity contribution < 1.29 is 4.92 Å². The van der Waals surface area contributed by atoms with E-state index >= 15 is 0 Å². The Hall–Kier alpha value is -4.52. The Bertz CT molecular complexity index is 1880. The average molecular weight is 403 g/mol. The fourth-order valence-electron chi connectivity index (χ4n) is 4.65. The van der Waals surface area contributed by atoms with E-state index in [9.17, 15) is 10.1 Å². The summed E-state index contributed by atoms with van der Waals surface area (Å²) >= 11 is 0. The second-order valence-electron chi connectivity index (χ2n) is 7.69. The van der Waals surface area contributed by atoms with E-state index in [0.717, 1.165) is 60.2 Å². The van der Waals surface area contributed by atoms with Crippen LogP contribution in [0.25, 0.3) is 65.7 Å². The van der Waals surface area contributed by atoms with Gasteiger partial charge in [0.2, 0.25) is 0 Å². The summed E-state index contributed by atoms with van der Waals surface area (Å²) in [6.45, 7) is 0. The van der Waals surface area contributed by atoms with E-state index in [0.29, 0.717) is 5.52 Å². The Morgan fingerprint density at radius 2 is 1.26 bits per heavy atom. The quantitative estimate of drug-likeness (QED) is 0.201. The van der Waals surface area contributed by atoms with Crippen molar-refractivity contribution in [3.63, 3.8) is 0 Å². The molecular formula is C24H13N5O2. The molecule has 31 heavy (non-hydrogen) atoms. The molecule has 0 aliphatic carbocycles. The minimum absolute atomic E-state index is 0.0414. The first-order valence-electron chi connectivity index (χ1n) is 9.88. The number of fused-ring (bicyclic) bond motifs is 11. The van der Waals surface area contributed by atoms with Gasteiger partial charge >= 0.3 is 0 Å². The lowest BCUT2D eigenvalue weighted by Gasteiger charge is -2.08. The van der Waals surface area contributed by atoms with Crippen LogP contribution in [0.1, 0.15) is 0 Å². The van der Waals surface area contributed by atoms with Gasteiger partial charge in [0.1, 0.15) is 11.0 Å². The van der Waals surface area contributed by atoms with E-state index in [4.69, 9.17) is 9.97 Å². The summed E-state index contributed by atoms with van der Waals surface area (Å²) in [5.41, 5.74) is 6.75. The molecule has 0 bridgehead atoms. The molecule has 0 saturated heterocycles. The van der Waals surface area contributed by atoms with Gasteiger partial charge in [-0.2, -0.15) is 0 Å². The average Bonchev–Trinajstić information content (AvgIpc) is 3.37. The molecule has 2 N–H and O–H groups in total. The molecule has 3 heterocycles. The lowest BCUT2D eigenvalue weighted by molar-refractivity contribution is -0.384. The number of hydrogen-bond acceptors (Lipinski definition) is 4. The van der Waals surface area contributed by atoms with Gasteiger partial charge < -0.3 is 9.97 Å². The molecule has 0 radical (unpaired) electrons. The van der Waals surface area contributed by atoms with Crippen molar-refractivity contribution in [3.05, 3.63) is 76.8 Å². The highest BCUT2D eigenvalue weighted by molar-refractivity contribution is 6.34. The van der Waals surface area contributed by atoms with Gasteiger partial charge in [-0.05, 0) is 18.2 Å². The number of nitrogens with zero attached hydrogens (tertiary/aromatic N) is 3. The summed E-state index contributed by atoms with van der Waals surface area (Å²) in [4.78, 5) is 27.7. The molecule has 4 aromatic carbocycles. The van der Waals surface area contributed by atoms with Crippen LogP contribution in [-0.2, 0) is 0 Å². The first kappa shape index (κ1) is 16.3. The normalized spacial score (nSPS) is 12.1. The largest absolute Gasteiger partial charge is 0.352 e. The number of aromatic amines is 2. The van der Waals surface area contributed by atoms with Crippen molar-refractivity contribution in [3.8, 4) is 0 Å². The molecule has 0 saturated carbocycles. The summed E-state index contributed by atoms with van der Waals surface area (Å²) in [5.74, 6) is 0. The van der Waals surface area contributed by atoms with Crippen molar-refractivity contribution in [1.29, 1.82) is 0 Å². The topological polar surface area (TPSA) is 100 Å². The molecule has 0 aliphatic rings. The minimum Gasteiger partial charge on any atom is -0.352 e. The second-order valence-corrected chi connectivity index (χ2v) is 7.69. The maximum absolute atomic E-state index is 11.3. The van der Waals surface area contributed by atoms with E-state index in [1.54, 1.807) is 12.1 Å². The summed E-state index contributed by atoms with van der Waals surface area (Å²) < 4.78 is 0. The molecule has 0 atom stereocenters. The van der Waals surface area contributed by atoms with E-state index in [1.807, 2.05) is 42.5 Å². The highest BCUT2D eigenvalue weighted by atomic mass is 16.6. The fourth-order valence-corrected chi connectivity index (χ4v) is 4.65. The first-order valence-corrected chi connectivity index (χ1v) is 9.88. The van der Waals surface area contributed by atoms with Crippen LogP contribution in [0.2, 0.25) is 0 Å². The van der Waals surface area contributed by atoms with Gasteiger partial charge in [0.15, 0.2) is 0 Å². The highest BCUT2D eigenvalue weighted by Gasteiger charge is 2.20. The van der Waals surface area contributed by atoms with Crippen molar-refractivity contribution in [2.75, 3.05) is 0 Å². The predicted molar refractivity (Wildman–Crippen MR) is 122 cm³/mol. The molecule has 0 amide bonds. The molecule has 3 aromatic heterocycles. The molecule has 0 fully saturated rings. The highest BCUT2D eigenvalue weighted by Crippen LogP contribution is 2.40.